The maximum Gasteiger partial charge on any atom is 0.420 e. The predicted octanol–water partition coefficient (Wildman–Crippen LogP) is 5.70. The van der Waals surface area contributed by atoms with Gasteiger partial charge < -0.3 is 4.74 Å². The molecular weight excluding hydrogens is 350 g/mol. The minimum absolute atomic E-state index is 0.248. The number of hydrogen-bond donors (Lipinski definition) is 0. The summed E-state index contributed by atoms with van der Waals surface area (Å²) in [4.78, 5) is 21.9. The van der Waals surface area contributed by atoms with Crippen LogP contribution in [-0.2, 0) is 4.74 Å². The van der Waals surface area contributed by atoms with Crippen molar-refractivity contribution < 1.29 is 9.53 Å². The summed E-state index contributed by atoms with van der Waals surface area (Å²) in [6, 6.07) is 14.3. The monoisotopic (exact) mass is 381 g/mol. The highest BCUT2D eigenvalue weighted by Crippen LogP contribution is 2.39. The van der Waals surface area contributed by atoms with Crippen LogP contribution in [0.1, 0.15) is 59.1 Å². The van der Waals surface area contributed by atoms with Crippen molar-refractivity contribution in [1.29, 1.82) is 0 Å². The highest BCUT2D eigenvalue weighted by atomic mass is 16.6. The Kier molecular flexibility index (Phi) is 6.04. The zero-order valence-electron chi connectivity index (χ0n) is 17.6. The number of benzene rings is 1. The summed E-state index contributed by atoms with van der Waals surface area (Å²) in [5.74, 6) is 0.653. The van der Waals surface area contributed by atoms with Gasteiger partial charge in [0, 0.05) is 23.8 Å². The van der Waals surface area contributed by atoms with Crippen LogP contribution in [0.25, 0.3) is 0 Å². The minimum atomic E-state index is -0.587. The van der Waals surface area contributed by atoms with Gasteiger partial charge in [0.1, 0.15) is 11.4 Å². The smallest absolute Gasteiger partial charge is 0.420 e. The number of nitrogens with zero attached hydrogens (tertiary/aromatic N) is 3. The SMILES string of the molecule is CC(C)N1CCC[C@H]1c1cccnc1N(C(=O)OC(C)(C)C)c1ccccc1. The van der Waals surface area contributed by atoms with E-state index in [4.69, 9.17) is 4.74 Å². The van der Waals surface area contributed by atoms with E-state index >= 15 is 0 Å². The third kappa shape index (κ3) is 4.53. The first-order valence-electron chi connectivity index (χ1n) is 10.1. The molecule has 1 saturated heterocycles. The molecule has 0 spiro atoms. The predicted molar refractivity (Wildman–Crippen MR) is 113 cm³/mol. The van der Waals surface area contributed by atoms with Crippen LogP contribution in [-0.4, -0.2) is 34.2 Å². The van der Waals surface area contributed by atoms with Gasteiger partial charge in [0.25, 0.3) is 0 Å². The summed E-state index contributed by atoms with van der Waals surface area (Å²) < 4.78 is 5.73. The van der Waals surface area contributed by atoms with Crippen molar-refractivity contribution in [3.05, 3.63) is 54.2 Å². The topological polar surface area (TPSA) is 45.7 Å². The molecule has 1 aromatic carbocycles. The standard InChI is InChI=1S/C23H31N3O2/c1-17(2)25-16-10-14-20(25)19-13-9-15-24-21(19)26(18-11-7-6-8-12-18)22(27)28-23(3,4)5/h6-9,11-13,15,17,20H,10,14,16H2,1-5H3/t20-/m0/s1. The number of aromatic nitrogens is 1. The minimum Gasteiger partial charge on any atom is -0.443 e. The molecule has 0 bridgehead atoms. The number of amides is 1. The lowest BCUT2D eigenvalue weighted by atomic mass is 10.0. The molecular formula is C23H31N3O2. The molecule has 1 aliphatic heterocycles. The molecule has 2 heterocycles. The Hall–Kier alpha value is -2.40. The quantitative estimate of drug-likeness (QED) is 0.681. The zero-order chi connectivity index (χ0) is 20.3. The Labute approximate surface area is 168 Å². The van der Waals surface area contributed by atoms with Crippen LogP contribution in [0.3, 0.4) is 0 Å². The molecule has 3 rings (SSSR count). The van der Waals surface area contributed by atoms with Gasteiger partial charge in [-0.2, -0.15) is 0 Å². The fraction of sp³-hybridized carbons (Fsp3) is 0.478. The molecule has 150 valence electrons. The highest BCUT2D eigenvalue weighted by molar-refractivity contribution is 5.96. The van der Waals surface area contributed by atoms with E-state index < -0.39 is 11.7 Å². The van der Waals surface area contributed by atoms with Crippen LogP contribution in [0.2, 0.25) is 0 Å². The summed E-state index contributed by atoms with van der Waals surface area (Å²) in [6.45, 7) is 11.1. The van der Waals surface area contributed by atoms with Gasteiger partial charge in [-0.05, 0) is 72.2 Å². The molecule has 0 radical (unpaired) electrons. The van der Waals surface area contributed by atoms with Crippen molar-refractivity contribution in [3.63, 3.8) is 0 Å². The van der Waals surface area contributed by atoms with E-state index in [1.165, 1.54) is 0 Å². The molecule has 1 fully saturated rings. The molecule has 1 aliphatic rings. The number of hydrogen-bond acceptors (Lipinski definition) is 4. The number of ether oxygens (including phenoxy) is 1. The van der Waals surface area contributed by atoms with E-state index in [0.29, 0.717) is 11.9 Å². The van der Waals surface area contributed by atoms with E-state index in [0.717, 1.165) is 30.6 Å². The molecule has 1 atom stereocenters. The van der Waals surface area contributed by atoms with Crippen molar-refractivity contribution >= 4 is 17.6 Å². The molecule has 0 aliphatic carbocycles. The molecule has 1 aromatic heterocycles. The molecule has 5 heteroatoms. The zero-order valence-corrected chi connectivity index (χ0v) is 17.6. The van der Waals surface area contributed by atoms with Crippen molar-refractivity contribution in [2.75, 3.05) is 11.4 Å². The average molecular weight is 382 g/mol. The van der Waals surface area contributed by atoms with Crippen molar-refractivity contribution in [1.82, 2.24) is 9.88 Å². The fourth-order valence-electron chi connectivity index (χ4n) is 3.80. The van der Waals surface area contributed by atoms with E-state index in [2.05, 4.69) is 29.8 Å². The number of anilines is 2. The van der Waals surface area contributed by atoms with Crippen LogP contribution < -0.4 is 4.90 Å². The first-order valence-corrected chi connectivity index (χ1v) is 10.1. The molecule has 0 N–H and O–H groups in total. The van der Waals surface area contributed by atoms with Crippen LogP contribution >= 0.6 is 0 Å². The second-order valence-electron chi connectivity index (χ2n) is 8.56. The number of carbonyl (C=O) groups excluding carboxylic acids is 1. The number of rotatable bonds is 4. The summed E-state index contributed by atoms with van der Waals surface area (Å²) in [7, 11) is 0. The van der Waals surface area contributed by atoms with Gasteiger partial charge in [0.15, 0.2) is 0 Å². The van der Waals surface area contributed by atoms with Gasteiger partial charge in [-0.15, -0.1) is 0 Å². The summed E-state index contributed by atoms with van der Waals surface area (Å²) in [5.41, 5.74) is 1.24. The Morgan fingerprint density at radius 2 is 1.89 bits per heavy atom. The fourth-order valence-corrected chi connectivity index (χ4v) is 3.80. The van der Waals surface area contributed by atoms with Gasteiger partial charge in [-0.25, -0.2) is 14.7 Å². The van der Waals surface area contributed by atoms with Gasteiger partial charge in [-0.3, -0.25) is 4.90 Å². The third-order valence-electron chi connectivity index (χ3n) is 4.94. The Bertz CT molecular complexity index is 799. The second kappa shape index (κ2) is 8.31. The lowest BCUT2D eigenvalue weighted by Gasteiger charge is -2.32. The van der Waals surface area contributed by atoms with E-state index in [1.807, 2.05) is 57.2 Å². The highest BCUT2D eigenvalue weighted by Gasteiger charge is 2.34. The molecule has 0 saturated carbocycles. The second-order valence-corrected chi connectivity index (χ2v) is 8.56. The maximum atomic E-state index is 13.2. The molecule has 2 aromatic rings. The van der Waals surface area contributed by atoms with Crippen molar-refractivity contribution in [3.8, 4) is 0 Å². The summed E-state index contributed by atoms with van der Waals surface area (Å²) in [6.07, 6.45) is 3.55. The van der Waals surface area contributed by atoms with Crippen LogP contribution in [0.4, 0.5) is 16.3 Å². The van der Waals surface area contributed by atoms with Gasteiger partial charge in [0.2, 0.25) is 0 Å². The number of pyridine rings is 1. The Morgan fingerprint density at radius 3 is 2.54 bits per heavy atom. The number of carbonyl (C=O) groups is 1. The van der Waals surface area contributed by atoms with E-state index in [9.17, 15) is 4.79 Å². The van der Waals surface area contributed by atoms with Gasteiger partial charge in [0.05, 0.1) is 5.69 Å². The molecule has 28 heavy (non-hydrogen) atoms. The lowest BCUT2D eigenvalue weighted by Crippen LogP contribution is -2.36. The average Bonchev–Trinajstić information content (AvgIpc) is 3.12. The van der Waals surface area contributed by atoms with E-state index in [1.54, 1.807) is 11.1 Å². The number of likely N-dealkylation sites (tertiary alicyclic amines) is 1. The largest absolute Gasteiger partial charge is 0.443 e. The third-order valence-corrected chi connectivity index (χ3v) is 4.94. The number of para-hydroxylation sites is 1. The summed E-state index contributed by atoms with van der Waals surface area (Å²) in [5, 5.41) is 0. The van der Waals surface area contributed by atoms with Crippen LogP contribution in [0.5, 0.6) is 0 Å². The van der Waals surface area contributed by atoms with E-state index in [-0.39, 0.29) is 6.04 Å². The Morgan fingerprint density at radius 1 is 1.18 bits per heavy atom. The van der Waals surface area contributed by atoms with Crippen LogP contribution in [0, 0.1) is 0 Å². The first-order chi connectivity index (χ1) is 13.3. The molecule has 1 amide bonds. The van der Waals surface area contributed by atoms with Crippen molar-refractivity contribution in [2.45, 2.75) is 65.1 Å². The van der Waals surface area contributed by atoms with Crippen LogP contribution in [0.15, 0.2) is 48.7 Å². The normalized spacial score (nSPS) is 17.7. The van der Waals surface area contributed by atoms with Gasteiger partial charge >= 0.3 is 6.09 Å². The van der Waals surface area contributed by atoms with Crippen molar-refractivity contribution in [2.24, 2.45) is 0 Å². The first kappa shape index (κ1) is 20.3. The maximum absolute atomic E-state index is 13.2. The molecule has 0 unspecified atom stereocenters. The lowest BCUT2D eigenvalue weighted by molar-refractivity contribution is 0.0597. The summed E-state index contributed by atoms with van der Waals surface area (Å²) >= 11 is 0. The molecule has 5 nitrogen and oxygen atoms in total. The van der Waals surface area contributed by atoms with Gasteiger partial charge in [-0.1, -0.05) is 24.3 Å². The Balaban J connectivity index is 2.07.